The Bertz CT molecular complexity index is 675. The van der Waals surface area contributed by atoms with Gasteiger partial charge in [0.05, 0.1) is 13.2 Å². The van der Waals surface area contributed by atoms with E-state index in [9.17, 15) is 18.0 Å². The molecule has 2 heterocycles. The maximum absolute atomic E-state index is 12.9. The maximum Gasteiger partial charge on any atom is 0.573 e. The Labute approximate surface area is 180 Å². The second kappa shape index (κ2) is 11.5. The zero-order valence-electron chi connectivity index (χ0n) is 17.6. The first-order valence-electron chi connectivity index (χ1n) is 10.8. The molecule has 0 radical (unpaired) electrons. The molecule has 0 bridgehead atoms. The number of hydrogen-bond donors (Lipinski definition) is 2. The highest BCUT2D eigenvalue weighted by molar-refractivity contribution is 5.74. The highest BCUT2D eigenvalue weighted by Gasteiger charge is 2.31. The average Bonchev–Trinajstić information content (AvgIpc) is 2.76. The van der Waals surface area contributed by atoms with Crippen LogP contribution < -0.4 is 15.4 Å². The summed E-state index contributed by atoms with van der Waals surface area (Å²) in [5, 5.41) is 6.27. The molecular formula is C21H31F3N4O3. The van der Waals surface area contributed by atoms with E-state index >= 15 is 0 Å². The van der Waals surface area contributed by atoms with E-state index in [4.69, 9.17) is 4.74 Å². The molecule has 1 atom stereocenters. The van der Waals surface area contributed by atoms with Gasteiger partial charge in [0, 0.05) is 45.3 Å². The number of amides is 2. The van der Waals surface area contributed by atoms with Crippen LogP contribution in [0.25, 0.3) is 0 Å². The third-order valence-corrected chi connectivity index (χ3v) is 5.55. The predicted octanol–water partition coefficient (Wildman–Crippen LogP) is 2.57. The van der Waals surface area contributed by atoms with Crippen LogP contribution >= 0.6 is 0 Å². The summed E-state index contributed by atoms with van der Waals surface area (Å²) in [6.45, 7) is 6.91. The normalized spacial score (nSPS) is 20.3. The van der Waals surface area contributed by atoms with Crippen molar-refractivity contribution >= 4 is 6.03 Å². The molecule has 2 saturated heterocycles. The molecule has 0 saturated carbocycles. The number of rotatable bonds is 8. The van der Waals surface area contributed by atoms with Crippen molar-refractivity contribution in [2.24, 2.45) is 0 Å². The lowest BCUT2D eigenvalue weighted by Gasteiger charge is -2.35. The maximum atomic E-state index is 12.9. The van der Waals surface area contributed by atoms with Crippen LogP contribution in [0.1, 0.15) is 24.8 Å². The van der Waals surface area contributed by atoms with Crippen LogP contribution in [-0.4, -0.2) is 80.7 Å². The van der Waals surface area contributed by atoms with Gasteiger partial charge in [0.2, 0.25) is 0 Å². The summed E-state index contributed by atoms with van der Waals surface area (Å²) in [4.78, 5) is 17.2. The molecular weight excluding hydrogens is 413 g/mol. The topological polar surface area (TPSA) is 66.1 Å². The van der Waals surface area contributed by atoms with Gasteiger partial charge in [0.1, 0.15) is 5.75 Å². The van der Waals surface area contributed by atoms with Crippen LogP contribution in [0.3, 0.4) is 0 Å². The van der Waals surface area contributed by atoms with Crippen LogP contribution in [0, 0.1) is 0 Å². The number of hydrogen-bond acceptors (Lipinski definition) is 5. The first kappa shape index (κ1) is 23.6. The van der Waals surface area contributed by atoms with Crippen LogP contribution in [0.5, 0.6) is 5.75 Å². The molecule has 2 amide bonds. The van der Waals surface area contributed by atoms with Crippen molar-refractivity contribution in [3.05, 3.63) is 29.8 Å². The van der Waals surface area contributed by atoms with Crippen molar-refractivity contribution in [3.8, 4) is 5.75 Å². The Morgan fingerprint density at radius 1 is 1.26 bits per heavy atom. The van der Waals surface area contributed by atoms with Gasteiger partial charge in [-0.15, -0.1) is 13.2 Å². The van der Waals surface area contributed by atoms with E-state index in [1.165, 1.54) is 24.3 Å². The Kier molecular flexibility index (Phi) is 8.79. The molecule has 2 N–H and O–H groups in total. The van der Waals surface area contributed by atoms with E-state index in [0.29, 0.717) is 12.1 Å². The summed E-state index contributed by atoms with van der Waals surface area (Å²) in [6, 6.07) is 5.53. The number of urea groups is 1. The van der Waals surface area contributed by atoms with Gasteiger partial charge in [-0.05, 0) is 43.5 Å². The number of piperidine rings is 1. The summed E-state index contributed by atoms with van der Waals surface area (Å²) in [6.07, 6.45) is -1.85. The van der Waals surface area contributed by atoms with Gasteiger partial charge in [-0.2, -0.15) is 0 Å². The fourth-order valence-corrected chi connectivity index (χ4v) is 3.93. The highest BCUT2D eigenvalue weighted by Crippen LogP contribution is 2.22. The second-order valence-corrected chi connectivity index (χ2v) is 7.85. The molecule has 2 aliphatic rings. The Morgan fingerprint density at radius 2 is 2.00 bits per heavy atom. The molecule has 2 fully saturated rings. The number of nitrogens with one attached hydrogen (secondary N) is 2. The van der Waals surface area contributed by atoms with Gasteiger partial charge in [-0.3, -0.25) is 4.90 Å². The number of halogens is 3. The first-order valence-corrected chi connectivity index (χ1v) is 10.8. The molecule has 0 aromatic heterocycles. The third-order valence-electron chi connectivity index (χ3n) is 5.55. The Morgan fingerprint density at radius 3 is 2.65 bits per heavy atom. The van der Waals surface area contributed by atoms with Gasteiger partial charge in [0.15, 0.2) is 0 Å². The second-order valence-electron chi connectivity index (χ2n) is 7.85. The number of benzene rings is 1. The summed E-state index contributed by atoms with van der Waals surface area (Å²) in [7, 11) is 0. The van der Waals surface area contributed by atoms with Crippen molar-refractivity contribution in [2.45, 2.75) is 38.2 Å². The van der Waals surface area contributed by atoms with Gasteiger partial charge < -0.3 is 25.0 Å². The first-order chi connectivity index (χ1) is 14.9. The van der Waals surface area contributed by atoms with Crippen molar-refractivity contribution in [1.82, 2.24) is 20.4 Å². The molecule has 1 unspecified atom stereocenters. The minimum atomic E-state index is -4.72. The highest BCUT2D eigenvalue weighted by atomic mass is 19.4. The van der Waals surface area contributed by atoms with Gasteiger partial charge >= 0.3 is 12.4 Å². The van der Waals surface area contributed by atoms with Crippen molar-refractivity contribution < 1.29 is 27.4 Å². The SMILES string of the molecule is O=C(NCc1ccc(OC(F)(F)F)cc1)N(CCCN1CCOCC1)C1CCCNC1. The molecule has 10 heteroatoms. The van der Waals surface area contributed by atoms with Crippen molar-refractivity contribution in [1.29, 1.82) is 0 Å². The fraction of sp³-hybridized carbons (Fsp3) is 0.667. The minimum Gasteiger partial charge on any atom is -0.406 e. The van der Waals surface area contributed by atoms with Gasteiger partial charge in [-0.1, -0.05) is 12.1 Å². The molecule has 7 nitrogen and oxygen atoms in total. The number of nitrogens with zero attached hydrogens (tertiary/aromatic N) is 2. The molecule has 1 aromatic carbocycles. The zero-order valence-corrected chi connectivity index (χ0v) is 17.6. The number of carbonyl (C=O) groups is 1. The lowest BCUT2D eigenvalue weighted by molar-refractivity contribution is -0.274. The largest absolute Gasteiger partial charge is 0.573 e. The standard InChI is InChI=1S/C21H31F3N4O3/c22-21(23,24)31-19-6-4-17(5-7-19)15-26-20(29)28(18-3-1-8-25-16-18)10-2-9-27-11-13-30-14-12-27/h4-7,18,25H,1-3,8-16H2,(H,26,29). The van der Waals surface area contributed by atoms with Crippen LogP contribution in [-0.2, 0) is 11.3 Å². The average molecular weight is 444 g/mol. The molecule has 0 aliphatic carbocycles. The smallest absolute Gasteiger partial charge is 0.406 e. The lowest BCUT2D eigenvalue weighted by atomic mass is 10.1. The van der Waals surface area contributed by atoms with Crippen LogP contribution in [0.15, 0.2) is 24.3 Å². The monoisotopic (exact) mass is 444 g/mol. The quantitative estimate of drug-likeness (QED) is 0.645. The molecule has 3 rings (SSSR count). The van der Waals surface area contributed by atoms with Crippen molar-refractivity contribution in [3.63, 3.8) is 0 Å². The number of carbonyl (C=O) groups excluding carboxylic acids is 1. The lowest BCUT2D eigenvalue weighted by Crippen LogP contribution is -2.52. The van der Waals surface area contributed by atoms with E-state index in [2.05, 4.69) is 20.3 Å². The number of morpholine rings is 1. The van der Waals surface area contributed by atoms with Gasteiger partial charge in [0.25, 0.3) is 0 Å². The van der Waals surface area contributed by atoms with E-state index in [-0.39, 0.29) is 24.4 Å². The van der Waals surface area contributed by atoms with E-state index in [0.717, 1.165) is 65.2 Å². The predicted molar refractivity (Wildman–Crippen MR) is 110 cm³/mol. The van der Waals surface area contributed by atoms with E-state index in [1.807, 2.05) is 4.90 Å². The molecule has 31 heavy (non-hydrogen) atoms. The molecule has 174 valence electrons. The Balaban J connectivity index is 1.50. The Hall–Kier alpha value is -2.04. The molecule has 1 aromatic rings. The summed E-state index contributed by atoms with van der Waals surface area (Å²) < 4.78 is 46.1. The van der Waals surface area contributed by atoms with E-state index in [1.54, 1.807) is 0 Å². The number of alkyl halides is 3. The fourth-order valence-electron chi connectivity index (χ4n) is 3.93. The summed E-state index contributed by atoms with van der Waals surface area (Å²) >= 11 is 0. The minimum absolute atomic E-state index is 0.140. The van der Waals surface area contributed by atoms with Crippen molar-refractivity contribution in [2.75, 3.05) is 52.5 Å². The zero-order chi connectivity index (χ0) is 22.1. The number of ether oxygens (including phenoxy) is 2. The summed E-state index contributed by atoms with van der Waals surface area (Å²) in [5.74, 6) is -0.277. The van der Waals surface area contributed by atoms with Crippen LogP contribution in [0.2, 0.25) is 0 Å². The third kappa shape index (κ3) is 8.19. The van der Waals surface area contributed by atoms with Crippen LogP contribution in [0.4, 0.5) is 18.0 Å². The summed E-state index contributed by atoms with van der Waals surface area (Å²) in [5.41, 5.74) is 0.706. The molecule has 2 aliphatic heterocycles. The molecule has 0 spiro atoms. The van der Waals surface area contributed by atoms with Gasteiger partial charge in [-0.25, -0.2) is 4.79 Å². The van der Waals surface area contributed by atoms with E-state index < -0.39 is 6.36 Å².